The molecule has 2 amide bonds. The van der Waals surface area contributed by atoms with E-state index in [1.165, 1.54) is 0 Å². The molecule has 0 saturated carbocycles. The quantitative estimate of drug-likeness (QED) is 0.833. The van der Waals surface area contributed by atoms with Gasteiger partial charge in [0.05, 0.1) is 11.3 Å². The van der Waals surface area contributed by atoms with Gasteiger partial charge in [-0.25, -0.2) is 9.59 Å². The number of likely N-dealkylation sites (N-methyl/N-ethyl adjacent to an activating group) is 1. The van der Waals surface area contributed by atoms with Gasteiger partial charge in [0.25, 0.3) is 0 Å². The summed E-state index contributed by atoms with van der Waals surface area (Å²) in [6.07, 6.45) is 0. The molecule has 1 aliphatic rings. The van der Waals surface area contributed by atoms with Gasteiger partial charge in [0.2, 0.25) is 0 Å². The smallest absolute Gasteiger partial charge is 0.337 e. The van der Waals surface area contributed by atoms with Crippen LogP contribution in [0.3, 0.4) is 0 Å². The number of carbonyl (C=O) groups is 2. The highest BCUT2D eigenvalue weighted by atomic mass is 35.5. The first-order chi connectivity index (χ1) is 10.4. The molecule has 1 aromatic rings. The van der Waals surface area contributed by atoms with Crippen molar-refractivity contribution in [1.82, 2.24) is 10.2 Å². The Balaban J connectivity index is 2.05. The second kappa shape index (κ2) is 6.81. The summed E-state index contributed by atoms with van der Waals surface area (Å²) in [6.45, 7) is 2.36. The molecule has 1 aromatic carbocycles. The standard InChI is InChI=1S/C15H18ClN3O3/c1-9-4-5-10(6-12(9)16)17-15(21)18-13-8-22-14(20)11(13)7-19(2)3/h4-6H,7-8H2,1-3H3,(H2,17,18,21). The van der Waals surface area contributed by atoms with E-state index in [4.69, 9.17) is 16.3 Å². The van der Waals surface area contributed by atoms with Crippen LogP contribution in [0.2, 0.25) is 5.02 Å². The lowest BCUT2D eigenvalue weighted by Crippen LogP contribution is -2.30. The van der Waals surface area contributed by atoms with Crippen molar-refractivity contribution >= 4 is 29.3 Å². The molecule has 1 aliphatic heterocycles. The molecule has 0 spiro atoms. The largest absolute Gasteiger partial charge is 0.456 e. The Morgan fingerprint density at radius 1 is 1.36 bits per heavy atom. The Labute approximate surface area is 134 Å². The van der Waals surface area contributed by atoms with E-state index in [0.29, 0.717) is 28.5 Å². The summed E-state index contributed by atoms with van der Waals surface area (Å²) in [5, 5.41) is 5.91. The number of rotatable bonds is 4. The number of amides is 2. The van der Waals surface area contributed by atoms with Crippen LogP contribution in [0.15, 0.2) is 29.5 Å². The van der Waals surface area contributed by atoms with Gasteiger partial charge < -0.3 is 20.3 Å². The highest BCUT2D eigenvalue weighted by Gasteiger charge is 2.26. The summed E-state index contributed by atoms with van der Waals surface area (Å²) in [5.74, 6) is -0.401. The number of halogens is 1. The first-order valence-corrected chi connectivity index (χ1v) is 7.12. The van der Waals surface area contributed by atoms with Gasteiger partial charge in [-0.3, -0.25) is 0 Å². The van der Waals surface area contributed by atoms with Crippen LogP contribution in [-0.2, 0) is 9.53 Å². The third-order valence-corrected chi connectivity index (χ3v) is 3.53. The molecule has 0 fully saturated rings. The molecular formula is C15H18ClN3O3. The van der Waals surface area contributed by atoms with Gasteiger partial charge >= 0.3 is 12.0 Å². The SMILES string of the molecule is Cc1ccc(NC(=O)NC2=C(CN(C)C)C(=O)OC2)cc1Cl. The minimum absolute atomic E-state index is 0.0735. The first-order valence-electron chi connectivity index (χ1n) is 6.75. The molecule has 1 heterocycles. The second-order valence-corrected chi connectivity index (χ2v) is 5.72. The maximum absolute atomic E-state index is 12.0. The predicted molar refractivity (Wildman–Crippen MR) is 84.9 cm³/mol. The van der Waals surface area contributed by atoms with Crippen LogP contribution in [0.4, 0.5) is 10.5 Å². The monoisotopic (exact) mass is 323 g/mol. The topological polar surface area (TPSA) is 70.7 Å². The fourth-order valence-electron chi connectivity index (χ4n) is 1.99. The van der Waals surface area contributed by atoms with Gasteiger partial charge in [0.1, 0.15) is 6.61 Å². The number of benzene rings is 1. The van der Waals surface area contributed by atoms with Crippen molar-refractivity contribution in [3.63, 3.8) is 0 Å². The molecule has 22 heavy (non-hydrogen) atoms. The van der Waals surface area contributed by atoms with Crippen LogP contribution in [0, 0.1) is 6.92 Å². The maximum atomic E-state index is 12.0. The Morgan fingerprint density at radius 2 is 2.09 bits per heavy atom. The van der Waals surface area contributed by atoms with E-state index in [1.807, 2.05) is 32.0 Å². The molecule has 0 saturated heterocycles. The van der Waals surface area contributed by atoms with Crippen LogP contribution in [0.1, 0.15) is 5.56 Å². The molecule has 118 valence electrons. The Morgan fingerprint density at radius 3 is 2.73 bits per heavy atom. The van der Waals surface area contributed by atoms with Crippen molar-refractivity contribution in [2.45, 2.75) is 6.92 Å². The third kappa shape index (κ3) is 3.99. The number of esters is 1. The molecule has 2 N–H and O–H groups in total. The zero-order chi connectivity index (χ0) is 16.3. The number of nitrogens with one attached hydrogen (secondary N) is 2. The Kier molecular flexibility index (Phi) is 5.05. The Hall–Kier alpha value is -2.05. The van der Waals surface area contributed by atoms with Gasteiger partial charge in [-0.15, -0.1) is 0 Å². The van der Waals surface area contributed by atoms with Crippen molar-refractivity contribution in [3.8, 4) is 0 Å². The fourth-order valence-corrected chi connectivity index (χ4v) is 2.17. The molecule has 6 nitrogen and oxygen atoms in total. The zero-order valence-corrected chi connectivity index (χ0v) is 13.5. The zero-order valence-electron chi connectivity index (χ0n) is 12.7. The highest BCUT2D eigenvalue weighted by molar-refractivity contribution is 6.31. The molecule has 0 aromatic heterocycles. The molecule has 0 radical (unpaired) electrons. The Bertz CT molecular complexity index is 641. The van der Waals surface area contributed by atoms with Crippen molar-refractivity contribution in [3.05, 3.63) is 40.1 Å². The molecule has 2 rings (SSSR count). The summed E-state index contributed by atoms with van der Waals surface area (Å²) >= 11 is 6.02. The number of anilines is 1. The van der Waals surface area contributed by atoms with Crippen LogP contribution in [0.25, 0.3) is 0 Å². The van der Waals surface area contributed by atoms with Crippen molar-refractivity contribution in [2.24, 2.45) is 0 Å². The number of hydrogen-bond acceptors (Lipinski definition) is 4. The average molecular weight is 324 g/mol. The van der Waals surface area contributed by atoms with Gasteiger partial charge in [0.15, 0.2) is 0 Å². The van der Waals surface area contributed by atoms with Crippen molar-refractivity contribution < 1.29 is 14.3 Å². The second-order valence-electron chi connectivity index (χ2n) is 5.31. The first kappa shape index (κ1) is 16.3. The van der Waals surface area contributed by atoms with Gasteiger partial charge in [-0.2, -0.15) is 0 Å². The van der Waals surface area contributed by atoms with E-state index in [0.717, 1.165) is 5.56 Å². The number of ether oxygens (including phenoxy) is 1. The van der Waals surface area contributed by atoms with E-state index < -0.39 is 12.0 Å². The lowest BCUT2D eigenvalue weighted by atomic mass is 10.2. The van der Waals surface area contributed by atoms with Gasteiger partial charge in [-0.05, 0) is 38.7 Å². The minimum Gasteiger partial charge on any atom is -0.456 e. The number of hydrogen-bond donors (Lipinski definition) is 2. The number of cyclic esters (lactones) is 1. The molecule has 0 unspecified atom stereocenters. The summed E-state index contributed by atoms with van der Waals surface area (Å²) in [4.78, 5) is 25.5. The molecule has 0 bridgehead atoms. The lowest BCUT2D eigenvalue weighted by Gasteiger charge is -2.12. The van der Waals surface area contributed by atoms with Crippen LogP contribution in [0.5, 0.6) is 0 Å². The molecular weight excluding hydrogens is 306 g/mol. The van der Waals surface area contributed by atoms with Gasteiger partial charge in [-0.1, -0.05) is 17.7 Å². The summed E-state index contributed by atoms with van der Waals surface area (Å²) in [6, 6.07) is 4.80. The van der Waals surface area contributed by atoms with E-state index in [1.54, 1.807) is 12.1 Å². The summed E-state index contributed by atoms with van der Waals surface area (Å²) < 4.78 is 4.96. The van der Waals surface area contributed by atoms with Crippen molar-refractivity contribution in [1.29, 1.82) is 0 Å². The van der Waals surface area contributed by atoms with E-state index in [-0.39, 0.29) is 6.61 Å². The van der Waals surface area contributed by atoms with Crippen LogP contribution >= 0.6 is 11.6 Å². The van der Waals surface area contributed by atoms with E-state index in [2.05, 4.69) is 10.6 Å². The van der Waals surface area contributed by atoms with E-state index >= 15 is 0 Å². The number of aryl methyl sites for hydroxylation is 1. The number of nitrogens with zero attached hydrogens (tertiary/aromatic N) is 1. The summed E-state index contributed by atoms with van der Waals surface area (Å²) in [5.41, 5.74) is 2.45. The number of urea groups is 1. The van der Waals surface area contributed by atoms with Crippen LogP contribution < -0.4 is 10.6 Å². The summed E-state index contributed by atoms with van der Waals surface area (Å²) in [7, 11) is 3.68. The lowest BCUT2D eigenvalue weighted by molar-refractivity contribution is -0.136. The maximum Gasteiger partial charge on any atom is 0.337 e. The fraction of sp³-hybridized carbons (Fsp3) is 0.333. The third-order valence-electron chi connectivity index (χ3n) is 3.13. The van der Waals surface area contributed by atoms with Crippen molar-refractivity contribution in [2.75, 3.05) is 32.6 Å². The number of carbonyl (C=O) groups excluding carboxylic acids is 2. The van der Waals surface area contributed by atoms with Gasteiger partial charge in [0, 0.05) is 17.3 Å². The molecule has 0 aliphatic carbocycles. The average Bonchev–Trinajstić information content (AvgIpc) is 2.75. The minimum atomic E-state index is -0.440. The van der Waals surface area contributed by atoms with Crippen LogP contribution in [-0.4, -0.2) is 44.1 Å². The normalized spacial score (nSPS) is 14.3. The molecule has 0 atom stereocenters. The van der Waals surface area contributed by atoms with E-state index in [9.17, 15) is 9.59 Å². The predicted octanol–water partition coefficient (Wildman–Crippen LogP) is 2.14. The molecule has 7 heteroatoms. The highest BCUT2D eigenvalue weighted by Crippen LogP contribution is 2.20.